The Labute approximate surface area is 86.5 Å². The maximum atomic E-state index is 11.0. The number of amides is 1. The molecule has 0 aliphatic carbocycles. The molecule has 0 spiro atoms. The quantitative estimate of drug-likeness (QED) is 0.419. The van der Waals surface area contributed by atoms with Crippen LogP contribution in [0.2, 0.25) is 0 Å². The predicted molar refractivity (Wildman–Crippen MR) is 50.4 cm³/mol. The molecule has 7 nitrogen and oxygen atoms in total. The number of hydrogen-bond donors (Lipinski definition) is 4. The maximum Gasteiger partial charge on any atom is 0.326 e. The van der Waals surface area contributed by atoms with Crippen molar-refractivity contribution in [3.63, 3.8) is 0 Å². The van der Waals surface area contributed by atoms with Gasteiger partial charge in [-0.25, -0.2) is 4.79 Å². The second kappa shape index (κ2) is 6.77. The van der Waals surface area contributed by atoms with Crippen molar-refractivity contribution >= 4 is 17.8 Å². The molecule has 0 unspecified atom stereocenters. The summed E-state index contributed by atoms with van der Waals surface area (Å²) in [6, 6.07) is -1.15. The summed E-state index contributed by atoms with van der Waals surface area (Å²) in [5, 5.41) is 21.8. The lowest BCUT2D eigenvalue weighted by atomic mass is 10.1. The highest BCUT2D eigenvalue weighted by Gasteiger charge is 2.20. The molecule has 1 atom stereocenters. The molecule has 0 heterocycles. The third kappa shape index (κ3) is 6.44. The fourth-order valence-corrected chi connectivity index (χ4v) is 0.931. The van der Waals surface area contributed by atoms with Crippen molar-refractivity contribution < 1.29 is 24.6 Å². The van der Waals surface area contributed by atoms with Gasteiger partial charge in [-0.05, 0) is 13.5 Å². The van der Waals surface area contributed by atoms with Gasteiger partial charge in [0.25, 0.3) is 0 Å². The zero-order chi connectivity index (χ0) is 11.8. The van der Waals surface area contributed by atoms with E-state index in [0.717, 1.165) is 0 Å². The van der Waals surface area contributed by atoms with Crippen LogP contribution in [0.4, 0.5) is 0 Å². The van der Waals surface area contributed by atoms with E-state index < -0.39 is 23.9 Å². The van der Waals surface area contributed by atoms with E-state index in [-0.39, 0.29) is 19.4 Å². The molecule has 0 aromatic rings. The third-order valence-electron chi connectivity index (χ3n) is 1.62. The maximum absolute atomic E-state index is 11.0. The number of nitrogens with one attached hydrogen (secondary N) is 2. The van der Waals surface area contributed by atoms with Gasteiger partial charge in [-0.2, -0.15) is 0 Å². The van der Waals surface area contributed by atoms with Gasteiger partial charge in [-0.3, -0.25) is 9.59 Å². The number of rotatable bonds is 7. The van der Waals surface area contributed by atoms with Crippen molar-refractivity contribution in [2.24, 2.45) is 0 Å². The summed E-state index contributed by atoms with van der Waals surface area (Å²) in [7, 11) is 1.55. The van der Waals surface area contributed by atoms with E-state index in [4.69, 9.17) is 10.2 Å². The Balaban J connectivity index is 4.10. The van der Waals surface area contributed by atoms with Crippen molar-refractivity contribution in [1.29, 1.82) is 0 Å². The lowest BCUT2D eigenvalue weighted by Gasteiger charge is -2.12. The van der Waals surface area contributed by atoms with Crippen LogP contribution in [-0.4, -0.2) is 47.7 Å². The first-order valence-corrected chi connectivity index (χ1v) is 4.36. The van der Waals surface area contributed by atoms with Crippen LogP contribution in [0, 0.1) is 0 Å². The van der Waals surface area contributed by atoms with Gasteiger partial charge in [0, 0.05) is 6.42 Å². The van der Waals surface area contributed by atoms with Crippen LogP contribution in [0.15, 0.2) is 0 Å². The monoisotopic (exact) mass is 218 g/mol. The summed E-state index contributed by atoms with van der Waals surface area (Å²) in [6.07, 6.45) is -0.420. The molecular weight excluding hydrogens is 204 g/mol. The van der Waals surface area contributed by atoms with Crippen molar-refractivity contribution in [1.82, 2.24) is 10.6 Å². The highest BCUT2D eigenvalue weighted by atomic mass is 16.4. The molecule has 0 aromatic carbocycles. The van der Waals surface area contributed by atoms with E-state index in [9.17, 15) is 14.4 Å². The summed E-state index contributed by atoms with van der Waals surface area (Å²) in [5.74, 6) is -2.81. The van der Waals surface area contributed by atoms with Crippen molar-refractivity contribution in [3.05, 3.63) is 0 Å². The zero-order valence-corrected chi connectivity index (χ0v) is 8.32. The fraction of sp³-hybridized carbons (Fsp3) is 0.625. The van der Waals surface area contributed by atoms with E-state index in [0.29, 0.717) is 0 Å². The number of carbonyl (C=O) groups is 3. The molecular formula is C8H14N2O5. The van der Waals surface area contributed by atoms with Crippen LogP contribution < -0.4 is 10.6 Å². The third-order valence-corrected chi connectivity index (χ3v) is 1.62. The standard InChI is InChI=1S/C8H14N2O5/c1-9-4-6(11)10-5(8(14)15)2-3-7(12)13/h5,9H,2-4H2,1H3,(H,10,11)(H,12,13)(H,14,15)/t5-/m0/s1. The van der Waals surface area contributed by atoms with E-state index in [1.165, 1.54) is 0 Å². The Kier molecular flexibility index (Phi) is 6.03. The van der Waals surface area contributed by atoms with Crippen LogP contribution in [0.3, 0.4) is 0 Å². The summed E-state index contributed by atoms with van der Waals surface area (Å²) in [6.45, 7) is -0.00312. The number of aliphatic carboxylic acids is 2. The molecule has 0 aliphatic heterocycles. The second-order valence-corrected chi connectivity index (χ2v) is 2.92. The normalized spacial score (nSPS) is 11.8. The number of carboxylic acid groups (broad SMARTS) is 2. The van der Waals surface area contributed by atoms with Crippen LogP contribution in [0.25, 0.3) is 0 Å². The van der Waals surface area contributed by atoms with Gasteiger partial charge in [0.05, 0.1) is 6.54 Å². The number of likely N-dealkylation sites (N-methyl/N-ethyl adjacent to an activating group) is 1. The second-order valence-electron chi connectivity index (χ2n) is 2.92. The van der Waals surface area contributed by atoms with Gasteiger partial charge in [-0.15, -0.1) is 0 Å². The van der Waals surface area contributed by atoms with Crippen molar-refractivity contribution in [2.75, 3.05) is 13.6 Å². The number of carbonyl (C=O) groups excluding carboxylic acids is 1. The van der Waals surface area contributed by atoms with E-state index in [1.807, 2.05) is 0 Å². The Morgan fingerprint density at radius 2 is 1.87 bits per heavy atom. The Morgan fingerprint density at radius 1 is 1.27 bits per heavy atom. The highest BCUT2D eigenvalue weighted by molar-refractivity contribution is 5.84. The zero-order valence-electron chi connectivity index (χ0n) is 8.32. The topological polar surface area (TPSA) is 116 Å². The lowest BCUT2D eigenvalue weighted by Crippen LogP contribution is -2.44. The van der Waals surface area contributed by atoms with E-state index in [1.54, 1.807) is 7.05 Å². The Morgan fingerprint density at radius 3 is 2.27 bits per heavy atom. The van der Waals surface area contributed by atoms with Crippen LogP contribution >= 0.6 is 0 Å². The molecule has 0 rings (SSSR count). The van der Waals surface area contributed by atoms with Crippen molar-refractivity contribution in [2.45, 2.75) is 18.9 Å². The number of hydrogen-bond acceptors (Lipinski definition) is 4. The largest absolute Gasteiger partial charge is 0.481 e. The fourth-order valence-electron chi connectivity index (χ4n) is 0.931. The molecule has 15 heavy (non-hydrogen) atoms. The molecule has 0 fully saturated rings. The number of carboxylic acids is 2. The first kappa shape index (κ1) is 13.4. The van der Waals surface area contributed by atoms with Gasteiger partial charge in [0.2, 0.25) is 5.91 Å². The molecule has 86 valence electrons. The first-order chi connectivity index (χ1) is 6.97. The molecule has 0 aromatic heterocycles. The van der Waals surface area contributed by atoms with Gasteiger partial charge in [0.1, 0.15) is 6.04 Å². The van der Waals surface area contributed by atoms with Gasteiger partial charge < -0.3 is 20.8 Å². The van der Waals surface area contributed by atoms with Crippen LogP contribution in [0.5, 0.6) is 0 Å². The molecule has 0 bridgehead atoms. The highest BCUT2D eigenvalue weighted by Crippen LogP contribution is 1.97. The minimum Gasteiger partial charge on any atom is -0.481 e. The molecule has 0 radical (unpaired) electrons. The molecule has 0 aliphatic rings. The van der Waals surface area contributed by atoms with Crippen LogP contribution in [0.1, 0.15) is 12.8 Å². The summed E-state index contributed by atoms with van der Waals surface area (Å²) < 4.78 is 0. The Hall–Kier alpha value is -1.63. The predicted octanol–water partition coefficient (Wildman–Crippen LogP) is -1.36. The SMILES string of the molecule is CNCC(=O)N[C@@H](CCC(=O)O)C(=O)O. The smallest absolute Gasteiger partial charge is 0.326 e. The van der Waals surface area contributed by atoms with Crippen molar-refractivity contribution in [3.8, 4) is 0 Å². The summed E-state index contributed by atoms with van der Waals surface area (Å²) in [5.41, 5.74) is 0. The lowest BCUT2D eigenvalue weighted by molar-refractivity contribution is -0.142. The molecule has 7 heteroatoms. The molecule has 4 N–H and O–H groups in total. The summed E-state index contributed by atoms with van der Waals surface area (Å²) >= 11 is 0. The van der Waals surface area contributed by atoms with Gasteiger partial charge in [0.15, 0.2) is 0 Å². The molecule has 0 saturated carbocycles. The molecule has 0 saturated heterocycles. The first-order valence-electron chi connectivity index (χ1n) is 4.36. The van der Waals surface area contributed by atoms with E-state index >= 15 is 0 Å². The van der Waals surface area contributed by atoms with Crippen LogP contribution in [-0.2, 0) is 14.4 Å². The average molecular weight is 218 g/mol. The molecule has 1 amide bonds. The summed E-state index contributed by atoms with van der Waals surface area (Å²) in [4.78, 5) is 31.9. The minimum atomic E-state index is -1.24. The van der Waals surface area contributed by atoms with E-state index in [2.05, 4.69) is 10.6 Å². The average Bonchev–Trinajstić information content (AvgIpc) is 2.11. The Bertz CT molecular complexity index is 253. The van der Waals surface area contributed by atoms with Gasteiger partial charge in [-0.1, -0.05) is 0 Å². The minimum absolute atomic E-state index is 0.00312. The van der Waals surface area contributed by atoms with Gasteiger partial charge >= 0.3 is 11.9 Å².